The molecule has 1 unspecified atom stereocenters. The fraction of sp³-hybridized carbons (Fsp3) is 0.222. The van der Waals surface area contributed by atoms with Gasteiger partial charge >= 0.3 is 0 Å². The third-order valence-electron chi connectivity index (χ3n) is 3.69. The Kier molecular flexibility index (Phi) is 4.73. The summed E-state index contributed by atoms with van der Waals surface area (Å²) in [6.07, 6.45) is 1.02. The molecular formula is C18H18BrNS. The molecular weight excluding hydrogens is 342 g/mol. The highest BCUT2D eigenvalue weighted by Crippen LogP contribution is 2.32. The number of benzene rings is 2. The second kappa shape index (κ2) is 6.73. The van der Waals surface area contributed by atoms with E-state index in [1.807, 2.05) is 11.3 Å². The maximum atomic E-state index is 3.64. The molecule has 3 heteroatoms. The molecule has 2 aromatic carbocycles. The van der Waals surface area contributed by atoms with Gasteiger partial charge in [0.25, 0.3) is 0 Å². The number of rotatable bonds is 5. The zero-order chi connectivity index (χ0) is 14.7. The van der Waals surface area contributed by atoms with Gasteiger partial charge in [0.05, 0.1) is 0 Å². The van der Waals surface area contributed by atoms with Gasteiger partial charge in [0.15, 0.2) is 0 Å². The molecule has 0 amide bonds. The van der Waals surface area contributed by atoms with Crippen molar-refractivity contribution in [3.63, 3.8) is 0 Å². The normalized spacial score (nSPS) is 12.7. The van der Waals surface area contributed by atoms with E-state index in [0.29, 0.717) is 6.04 Å². The SMILES string of the molecule is CCNC(Cc1ccc(Br)cc1)c1csc2ccccc12. The van der Waals surface area contributed by atoms with Crippen LogP contribution in [0.25, 0.3) is 10.1 Å². The summed E-state index contributed by atoms with van der Waals surface area (Å²) in [5, 5.41) is 7.32. The minimum atomic E-state index is 0.368. The van der Waals surface area contributed by atoms with E-state index in [-0.39, 0.29) is 0 Å². The maximum Gasteiger partial charge on any atom is 0.0375 e. The predicted octanol–water partition coefficient (Wildman–Crippen LogP) is 5.56. The lowest BCUT2D eigenvalue weighted by Crippen LogP contribution is -2.22. The monoisotopic (exact) mass is 359 g/mol. The van der Waals surface area contributed by atoms with Crippen LogP contribution < -0.4 is 5.32 Å². The first-order chi connectivity index (χ1) is 10.3. The summed E-state index contributed by atoms with van der Waals surface area (Å²) in [4.78, 5) is 0. The summed E-state index contributed by atoms with van der Waals surface area (Å²) in [5.74, 6) is 0. The van der Waals surface area contributed by atoms with Crippen LogP contribution in [0.15, 0.2) is 58.4 Å². The fourth-order valence-electron chi connectivity index (χ4n) is 2.66. The van der Waals surface area contributed by atoms with Gasteiger partial charge in [0.2, 0.25) is 0 Å². The largest absolute Gasteiger partial charge is 0.310 e. The van der Waals surface area contributed by atoms with Gasteiger partial charge in [-0.25, -0.2) is 0 Å². The third-order valence-corrected chi connectivity index (χ3v) is 5.20. The molecule has 3 rings (SSSR count). The van der Waals surface area contributed by atoms with Gasteiger partial charge in [-0.1, -0.05) is 53.2 Å². The van der Waals surface area contributed by atoms with Crippen LogP contribution >= 0.6 is 27.3 Å². The van der Waals surface area contributed by atoms with Crippen LogP contribution in [0, 0.1) is 0 Å². The summed E-state index contributed by atoms with van der Waals surface area (Å²) in [5.41, 5.74) is 2.78. The number of halogens is 1. The molecule has 0 aliphatic carbocycles. The smallest absolute Gasteiger partial charge is 0.0375 e. The Morgan fingerprint density at radius 2 is 1.86 bits per heavy atom. The zero-order valence-corrected chi connectivity index (χ0v) is 14.4. The number of nitrogens with one attached hydrogen (secondary N) is 1. The molecule has 0 aliphatic rings. The number of hydrogen-bond acceptors (Lipinski definition) is 2. The Morgan fingerprint density at radius 1 is 1.10 bits per heavy atom. The lowest BCUT2D eigenvalue weighted by Gasteiger charge is -2.18. The molecule has 0 fully saturated rings. The number of thiophene rings is 1. The van der Waals surface area contributed by atoms with Crippen LogP contribution in [0.4, 0.5) is 0 Å². The summed E-state index contributed by atoms with van der Waals surface area (Å²) in [6, 6.07) is 17.7. The third kappa shape index (κ3) is 3.37. The van der Waals surface area contributed by atoms with Crippen LogP contribution in [0.5, 0.6) is 0 Å². The number of likely N-dealkylation sites (N-methyl/N-ethyl adjacent to an activating group) is 1. The van der Waals surface area contributed by atoms with Gasteiger partial charge in [-0.3, -0.25) is 0 Å². The highest BCUT2D eigenvalue weighted by atomic mass is 79.9. The van der Waals surface area contributed by atoms with Crippen molar-refractivity contribution < 1.29 is 0 Å². The van der Waals surface area contributed by atoms with E-state index in [4.69, 9.17) is 0 Å². The van der Waals surface area contributed by atoms with Crippen molar-refractivity contribution in [3.8, 4) is 0 Å². The molecule has 1 atom stereocenters. The average Bonchev–Trinajstić information content (AvgIpc) is 2.93. The molecule has 0 spiro atoms. The molecule has 0 saturated carbocycles. The highest BCUT2D eigenvalue weighted by Gasteiger charge is 2.15. The van der Waals surface area contributed by atoms with Crippen molar-refractivity contribution >= 4 is 37.4 Å². The van der Waals surface area contributed by atoms with Crippen LogP contribution in [0.3, 0.4) is 0 Å². The van der Waals surface area contributed by atoms with Crippen LogP contribution in [-0.2, 0) is 6.42 Å². The van der Waals surface area contributed by atoms with E-state index < -0.39 is 0 Å². The van der Waals surface area contributed by atoms with E-state index in [1.54, 1.807) is 0 Å². The quantitative estimate of drug-likeness (QED) is 0.628. The Balaban J connectivity index is 1.92. The van der Waals surface area contributed by atoms with Gasteiger partial charge in [-0.15, -0.1) is 11.3 Å². The lowest BCUT2D eigenvalue weighted by molar-refractivity contribution is 0.554. The first kappa shape index (κ1) is 14.8. The lowest BCUT2D eigenvalue weighted by atomic mass is 9.98. The van der Waals surface area contributed by atoms with Crippen molar-refractivity contribution in [3.05, 3.63) is 69.5 Å². The highest BCUT2D eigenvalue weighted by molar-refractivity contribution is 9.10. The molecule has 1 nitrogen and oxygen atoms in total. The Labute approximate surface area is 138 Å². The predicted molar refractivity (Wildman–Crippen MR) is 96.1 cm³/mol. The standard InChI is InChI=1S/C18H18BrNS/c1-2-20-17(11-13-7-9-14(19)10-8-13)16-12-21-18-6-4-3-5-15(16)18/h3-10,12,17,20H,2,11H2,1H3. The van der Waals surface area contributed by atoms with E-state index >= 15 is 0 Å². The minimum absolute atomic E-state index is 0.368. The van der Waals surface area contributed by atoms with Crippen LogP contribution in [0.1, 0.15) is 24.1 Å². The summed E-state index contributed by atoms with van der Waals surface area (Å²) >= 11 is 5.33. The molecule has 1 heterocycles. The van der Waals surface area contributed by atoms with Crippen molar-refractivity contribution in [1.82, 2.24) is 5.32 Å². The van der Waals surface area contributed by atoms with Crippen LogP contribution in [-0.4, -0.2) is 6.54 Å². The molecule has 0 saturated heterocycles. The zero-order valence-electron chi connectivity index (χ0n) is 12.0. The molecule has 0 aliphatic heterocycles. The average molecular weight is 360 g/mol. The molecule has 0 bridgehead atoms. The summed E-state index contributed by atoms with van der Waals surface area (Å²) in [6.45, 7) is 3.15. The second-order valence-electron chi connectivity index (χ2n) is 5.13. The van der Waals surface area contributed by atoms with E-state index in [9.17, 15) is 0 Å². The minimum Gasteiger partial charge on any atom is -0.310 e. The van der Waals surface area contributed by atoms with Crippen molar-refractivity contribution in [2.75, 3.05) is 6.54 Å². The molecule has 1 aromatic heterocycles. The van der Waals surface area contributed by atoms with Crippen molar-refractivity contribution in [2.45, 2.75) is 19.4 Å². The van der Waals surface area contributed by atoms with Crippen LogP contribution in [0.2, 0.25) is 0 Å². The summed E-state index contributed by atoms with van der Waals surface area (Å²) in [7, 11) is 0. The van der Waals surface area contributed by atoms with E-state index in [1.165, 1.54) is 21.2 Å². The van der Waals surface area contributed by atoms with Gasteiger partial charge in [-0.05, 0) is 53.1 Å². The van der Waals surface area contributed by atoms with Gasteiger partial charge in [0, 0.05) is 15.2 Å². The van der Waals surface area contributed by atoms with Gasteiger partial charge in [0.1, 0.15) is 0 Å². The van der Waals surface area contributed by atoms with E-state index in [2.05, 4.69) is 82.1 Å². The Morgan fingerprint density at radius 3 is 2.62 bits per heavy atom. The molecule has 1 N–H and O–H groups in total. The van der Waals surface area contributed by atoms with Gasteiger partial charge < -0.3 is 5.32 Å². The number of fused-ring (bicyclic) bond motifs is 1. The molecule has 108 valence electrons. The van der Waals surface area contributed by atoms with Crippen molar-refractivity contribution in [1.29, 1.82) is 0 Å². The second-order valence-corrected chi connectivity index (χ2v) is 6.95. The molecule has 21 heavy (non-hydrogen) atoms. The topological polar surface area (TPSA) is 12.0 Å². The number of hydrogen-bond donors (Lipinski definition) is 1. The molecule has 3 aromatic rings. The first-order valence-corrected chi connectivity index (χ1v) is 8.89. The summed E-state index contributed by atoms with van der Waals surface area (Å²) < 4.78 is 2.50. The fourth-order valence-corrected chi connectivity index (χ4v) is 3.94. The van der Waals surface area contributed by atoms with Gasteiger partial charge in [-0.2, -0.15) is 0 Å². The van der Waals surface area contributed by atoms with E-state index in [0.717, 1.165) is 17.4 Å². The maximum absolute atomic E-state index is 3.64. The first-order valence-electron chi connectivity index (χ1n) is 7.22. The molecule has 0 radical (unpaired) electrons. The Hall–Kier alpha value is -1.16. The Bertz CT molecular complexity index is 717. The van der Waals surface area contributed by atoms with Crippen molar-refractivity contribution in [2.24, 2.45) is 0 Å².